The standard InChI is InChI=1S/C12H23NO3/c1-9(14)5-6-12(8-13,11(15)16-2)7-10-3-4-10/h9-10,14H,3-8,13H2,1-2H3. The molecular weight excluding hydrogens is 206 g/mol. The van der Waals surface area contributed by atoms with Crippen LogP contribution in [0.1, 0.15) is 39.0 Å². The van der Waals surface area contributed by atoms with E-state index in [-0.39, 0.29) is 5.97 Å². The Kier molecular flexibility index (Phi) is 4.74. The highest BCUT2D eigenvalue weighted by Gasteiger charge is 2.42. The quantitative estimate of drug-likeness (QED) is 0.640. The fraction of sp³-hybridized carbons (Fsp3) is 0.917. The molecule has 0 radical (unpaired) electrons. The zero-order valence-corrected chi connectivity index (χ0v) is 10.2. The molecule has 0 saturated heterocycles. The topological polar surface area (TPSA) is 72.5 Å². The number of methoxy groups -OCH3 is 1. The Hall–Kier alpha value is -0.610. The molecule has 3 N–H and O–H groups in total. The van der Waals surface area contributed by atoms with Crippen molar-refractivity contribution in [2.24, 2.45) is 17.1 Å². The van der Waals surface area contributed by atoms with Crippen molar-refractivity contribution in [1.29, 1.82) is 0 Å². The van der Waals surface area contributed by atoms with Gasteiger partial charge in [-0.05, 0) is 32.1 Å². The van der Waals surface area contributed by atoms with Gasteiger partial charge in [0.1, 0.15) is 0 Å². The molecule has 4 heteroatoms. The molecule has 16 heavy (non-hydrogen) atoms. The Morgan fingerprint density at radius 2 is 2.25 bits per heavy atom. The van der Waals surface area contributed by atoms with E-state index >= 15 is 0 Å². The van der Waals surface area contributed by atoms with E-state index in [1.54, 1.807) is 6.92 Å². The van der Waals surface area contributed by atoms with E-state index in [0.717, 1.165) is 6.42 Å². The third-order valence-corrected chi connectivity index (χ3v) is 3.43. The number of rotatable bonds is 7. The van der Waals surface area contributed by atoms with Crippen LogP contribution in [-0.2, 0) is 9.53 Å². The summed E-state index contributed by atoms with van der Waals surface area (Å²) in [5.41, 5.74) is 5.19. The first-order valence-electron chi connectivity index (χ1n) is 6.00. The Morgan fingerprint density at radius 3 is 2.62 bits per heavy atom. The van der Waals surface area contributed by atoms with E-state index in [1.807, 2.05) is 0 Å². The highest BCUT2D eigenvalue weighted by molar-refractivity contribution is 5.77. The summed E-state index contributed by atoms with van der Waals surface area (Å²) in [5.74, 6) is 0.402. The van der Waals surface area contributed by atoms with E-state index < -0.39 is 11.5 Å². The summed E-state index contributed by atoms with van der Waals surface area (Å²) in [6.07, 6.45) is 4.00. The van der Waals surface area contributed by atoms with Gasteiger partial charge in [0.25, 0.3) is 0 Å². The van der Waals surface area contributed by atoms with E-state index in [1.165, 1.54) is 20.0 Å². The molecular formula is C12H23NO3. The number of nitrogens with two attached hydrogens (primary N) is 1. The van der Waals surface area contributed by atoms with Crippen molar-refractivity contribution in [1.82, 2.24) is 0 Å². The van der Waals surface area contributed by atoms with Gasteiger partial charge in [-0.15, -0.1) is 0 Å². The van der Waals surface area contributed by atoms with Crippen LogP contribution in [0.2, 0.25) is 0 Å². The Labute approximate surface area is 97.2 Å². The molecule has 1 fully saturated rings. The average Bonchev–Trinajstić information content (AvgIpc) is 3.06. The lowest BCUT2D eigenvalue weighted by Crippen LogP contribution is -2.40. The van der Waals surface area contributed by atoms with Gasteiger partial charge >= 0.3 is 5.97 Å². The molecule has 1 aliphatic rings. The summed E-state index contributed by atoms with van der Waals surface area (Å²) in [6.45, 7) is 2.04. The summed E-state index contributed by atoms with van der Waals surface area (Å²) in [4.78, 5) is 11.9. The Balaban J connectivity index is 2.65. The lowest BCUT2D eigenvalue weighted by Gasteiger charge is -2.30. The Morgan fingerprint density at radius 1 is 1.62 bits per heavy atom. The second-order valence-corrected chi connectivity index (χ2v) is 5.01. The molecule has 0 aromatic heterocycles. The molecule has 0 spiro atoms. The Bertz CT molecular complexity index is 238. The van der Waals surface area contributed by atoms with Crippen molar-refractivity contribution in [3.05, 3.63) is 0 Å². The maximum Gasteiger partial charge on any atom is 0.313 e. The van der Waals surface area contributed by atoms with Crippen LogP contribution in [0.15, 0.2) is 0 Å². The first kappa shape index (κ1) is 13.5. The van der Waals surface area contributed by atoms with Gasteiger partial charge in [0.15, 0.2) is 0 Å². The number of esters is 1. The summed E-state index contributed by atoms with van der Waals surface area (Å²) in [6, 6.07) is 0. The third-order valence-electron chi connectivity index (χ3n) is 3.43. The van der Waals surface area contributed by atoms with Gasteiger partial charge in [-0.3, -0.25) is 4.79 Å². The second kappa shape index (κ2) is 5.64. The number of hydrogen-bond donors (Lipinski definition) is 2. The molecule has 1 saturated carbocycles. The molecule has 94 valence electrons. The summed E-state index contributed by atoms with van der Waals surface area (Å²) in [7, 11) is 1.40. The molecule has 0 aliphatic heterocycles. The monoisotopic (exact) mass is 229 g/mol. The van der Waals surface area contributed by atoms with Gasteiger partial charge < -0.3 is 15.6 Å². The maximum absolute atomic E-state index is 11.9. The van der Waals surface area contributed by atoms with Crippen molar-refractivity contribution in [3.63, 3.8) is 0 Å². The van der Waals surface area contributed by atoms with E-state index in [9.17, 15) is 9.90 Å². The van der Waals surface area contributed by atoms with E-state index in [0.29, 0.717) is 25.3 Å². The molecule has 2 atom stereocenters. The fourth-order valence-electron chi connectivity index (χ4n) is 2.13. The van der Waals surface area contributed by atoms with Gasteiger partial charge in [0.05, 0.1) is 18.6 Å². The number of carbonyl (C=O) groups is 1. The lowest BCUT2D eigenvalue weighted by molar-refractivity contribution is -0.153. The van der Waals surface area contributed by atoms with Gasteiger partial charge in [0, 0.05) is 6.54 Å². The number of aliphatic hydroxyl groups excluding tert-OH is 1. The predicted molar refractivity (Wildman–Crippen MR) is 61.8 cm³/mol. The molecule has 0 heterocycles. The minimum Gasteiger partial charge on any atom is -0.469 e. The van der Waals surface area contributed by atoms with Crippen molar-refractivity contribution in [2.75, 3.05) is 13.7 Å². The molecule has 4 nitrogen and oxygen atoms in total. The van der Waals surface area contributed by atoms with Crippen LogP contribution in [0.5, 0.6) is 0 Å². The number of hydrogen-bond acceptors (Lipinski definition) is 4. The summed E-state index contributed by atoms with van der Waals surface area (Å²) in [5, 5.41) is 9.32. The van der Waals surface area contributed by atoms with Crippen LogP contribution in [0.25, 0.3) is 0 Å². The van der Waals surface area contributed by atoms with Gasteiger partial charge in [0.2, 0.25) is 0 Å². The van der Waals surface area contributed by atoms with Crippen LogP contribution in [0.3, 0.4) is 0 Å². The molecule has 0 amide bonds. The van der Waals surface area contributed by atoms with Crippen LogP contribution >= 0.6 is 0 Å². The number of carbonyl (C=O) groups excluding carboxylic acids is 1. The van der Waals surface area contributed by atoms with Gasteiger partial charge in [-0.1, -0.05) is 12.8 Å². The summed E-state index contributed by atoms with van der Waals surface area (Å²) >= 11 is 0. The van der Waals surface area contributed by atoms with E-state index in [2.05, 4.69) is 0 Å². The first-order valence-corrected chi connectivity index (χ1v) is 6.00. The zero-order chi connectivity index (χ0) is 12.2. The van der Waals surface area contributed by atoms with Crippen LogP contribution < -0.4 is 5.73 Å². The largest absolute Gasteiger partial charge is 0.469 e. The number of aliphatic hydroxyl groups is 1. The van der Waals surface area contributed by atoms with Crippen molar-refractivity contribution in [2.45, 2.75) is 45.1 Å². The molecule has 1 rings (SSSR count). The minimum atomic E-state index is -0.576. The molecule has 0 aromatic rings. The van der Waals surface area contributed by atoms with E-state index in [4.69, 9.17) is 10.5 Å². The SMILES string of the molecule is COC(=O)C(CN)(CCC(C)O)CC1CC1. The minimum absolute atomic E-state index is 0.220. The average molecular weight is 229 g/mol. The second-order valence-electron chi connectivity index (χ2n) is 5.01. The molecule has 1 aliphatic carbocycles. The van der Waals surface area contributed by atoms with Gasteiger partial charge in [-0.2, -0.15) is 0 Å². The lowest BCUT2D eigenvalue weighted by atomic mass is 9.77. The van der Waals surface area contributed by atoms with Crippen molar-refractivity contribution in [3.8, 4) is 0 Å². The molecule has 0 bridgehead atoms. The normalized spacial score (nSPS) is 21.2. The van der Waals surface area contributed by atoms with Crippen LogP contribution in [0, 0.1) is 11.3 Å². The van der Waals surface area contributed by atoms with Crippen LogP contribution in [0.4, 0.5) is 0 Å². The highest BCUT2D eigenvalue weighted by Crippen LogP contribution is 2.43. The fourth-order valence-corrected chi connectivity index (χ4v) is 2.13. The maximum atomic E-state index is 11.9. The van der Waals surface area contributed by atoms with Gasteiger partial charge in [-0.25, -0.2) is 0 Å². The molecule has 0 aromatic carbocycles. The van der Waals surface area contributed by atoms with Crippen molar-refractivity contribution < 1.29 is 14.6 Å². The first-order chi connectivity index (χ1) is 7.54. The smallest absolute Gasteiger partial charge is 0.313 e. The molecule has 2 unspecified atom stereocenters. The summed E-state index contributed by atoms with van der Waals surface area (Å²) < 4.78 is 4.87. The third kappa shape index (κ3) is 3.46. The zero-order valence-electron chi connectivity index (χ0n) is 10.2. The van der Waals surface area contributed by atoms with Crippen molar-refractivity contribution >= 4 is 5.97 Å². The predicted octanol–water partition coefficient (Wildman–Crippen LogP) is 1.07. The number of ether oxygens (including phenoxy) is 1. The van der Waals surface area contributed by atoms with Crippen LogP contribution in [-0.4, -0.2) is 30.8 Å². The highest BCUT2D eigenvalue weighted by atomic mass is 16.5.